The van der Waals surface area contributed by atoms with Gasteiger partial charge in [-0.1, -0.05) is 43.9 Å². The van der Waals surface area contributed by atoms with Crippen LogP contribution in [0.5, 0.6) is 0 Å². The summed E-state index contributed by atoms with van der Waals surface area (Å²) in [4.78, 5) is 0. The summed E-state index contributed by atoms with van der Waals surface area (Å²) < 4.78 is 36.5. The Hall–Kier alpha value is -0.540. The minimum atomic E-state index is -4.28. The Balaban J connectivity index is 2.43. The molecule has 1 rings (SSSR count). The Bertz CT molecular complexity index is 403. The second-order valence-corrected chi connectivity index (χ2v) is 7.28. The van der Waals surface area contributed by atoms with E-state index in [-0.39, 0.29) is 10.5 Å². The minimum absolute atomic E-state index is 0.130. The molecule has 0 aromatic carbocycles. The first-order valence-electron chi connectivity index (χ1n) is 5.53. The van der Waals surface area contributed by atoms with Crippen molar-refractivity contribution in [1.82, 2.24) is 10.2 Å². The molecule has 9 heteroatoms. The number of hydrogen-bond donors (Lipinski definition) is 2. The van der Waals surface area contributed by atoms with E-state index in [4.69, 9.17) is 0 Å². The van der Waals surface area contributed by atoms with Gasteiger partial charge < -0.3 is 10.4 Å². The predicted octanol–water partition coefficient (Wildman–Crippen LogP) is 3.01. The van der Waals surface area contributed by atoms with Crippen molar-refractivity contribution in [3.63, 3.8) is 0 Å². The average Bonchev–Trinajstić information content (AvgIpc) is 2.68. The highest BCUT2D eigenvalue weighted by Crippen LogP contribution is 2.30. The van der Waals surface area contributed by atoms with E-state index in [2.05, 4.69) is 15.5 Å². The third kappa shape index (κ3) is 6.44. The third-order valence-corrected chi connectivity index (χ3v) is 4.30. The third-order valence-electron chi connectivity index (χ3n) is 2.21. The summed E-state index contributed by atoms with van der Waals surface area (Å²) >= 11 is 2.33. The molecule has 19 heavy (non-hydrogen) atoms. The van der Waals surface area contributed by atoms with Gasteiger partial charge in [-0.15, -0.1) is 10.2 Å². The van der Waals surface area contributed by atoms with Crippen LogP contribution in [0.15, 0.2) is 4.34 Å². The van der Waals surface area contributed by atoms with Gasteiger partial charge >= 0.3 is 6.18 Å². The first-order chi connectivity index (χ1) is 8.58. The van der Waals surface area contributed by atoms with Crippen LogP contribution in [0, 0.1) is 5.41 Å². The van der Waals surface area contributed by atoms with Gasteiger partial charge in [-0.3, -0.25) is 0 Å². The predicted molar refractivity (Wildman–Crippen MR) is 70.6 cm³/mol. The lowest BCUT2D eigenvalue weighted by atomic mass is 9.90. The molecule has 0 fully saturated rings. The highest BCUT2D eigenvalue weighted by atomic mass is 32.2. The number of nitrogens with one attached hydrogen (secondary N) is 1. The molecule has 2 N–H and O–H groups in total. The van der Waals surface area contributed by atoms with Gasteiger partial charge in [-0.2, -0.15) is 13.2 Å². The second-order valence-electron chi connectivity index (χ2n) is 5.03. The lowest BCUT2D eigenvalue weighted by molar-refractivity contribution is -0.115. The van der Waals surface area contributed by atoms with Gasteiger partial charge in [-0.05, 0) is 5.41 Å². The number of thioether (sulfide) groups is 1. The molecule has 1 heterocycles. The number of nitrogens with zero attached hydrogens (tertiary/aromatic N) is 2. The van der Waals surface area contributed by atoms with Gasteiger partial charge in [0.15, 0.2) is 4.34 Å². The summed E-state index contributed by atoms with van der Waals surface area (Å²) in [5, 5.41) is 19.5. The Morgan fingerprint density at radius 3 is 2.47 bits per heavy atom. The van der Waals surface area contributed by atoms with Crippen molar-refractivity contribution < 1.29 is 18.3 Å². The summed E-state index contributed by atoms with van der Waals surface area (Å²) in [7, 11) is 0. The molecule has 1 aromatic rings. The lowest BCUT2D eigenvalue weighted by Crippen LogP contribution is -2.28. The number of anilines is 1. The van der Waals surface area contributed by atoms with Crippen molar-refractivity contribution in [2.75, 3.05) is 17.6 Å². The van der Waals surface area contributed by atoms with Crippen molar-refractivity contribution in [3.8, 4) is 0 Å². The van der Waals surface area contributed by atoms with Crippen molar-refractivity contribution >= 4 is 28.2 Å². The van der Waals surface area contributed by atoms with Crippen molar-refractivity contribution in [2.45, 2.75) is 37.4 Å². The topological polar surface area (TPSA) is 58.0 Å². The summed E-state index contributed by atoms with van der Waals surface area (Å²) in [5.41, 5.74) is -0.241. The number of aliphatic hydroxyl groups excluding tert-OH is 1. The maximum atomic E-state index is 12.0. The normalized spacial score (nSPS) is 14.5. The van der Waals surface area contributed by atoms with Gasteiger partial charge in [0.05, 0.1) is 6.10 Å². The van der Waals surface area contributed by atoms with Gasteiger partial charge in [0.2, 0.25) is 5.13 Å². The van der Waals surface area contributed by atoms with E-state index >= 15 is 0 Å². The summed E-state index contributed by atoms with van der Waals surface area (Å²) in [6.07, 6.45) is -4.80. The molecule has 0 radical (unpaired) electrons. The van der Waals surface area contributed by atoms with Crippen LogP contribution in [0.25, 0.3) is 0 Å². The number of halogens is 3. The van der Waals surface area contributed by atoms with Gasteiger partial charge in [0, 0.05) is 5.75 Å². The first-order valence-corrected chi connectivity index (χ1v) is 7.33. The smallest absolute Gasteiger partial charge is 0.392 e. The molecule has 0 bridgehead atoms. The van der Waals surface area contributed by atoms with E-state index in [0.29, 0.717) is 10.1 Å². The molecule has 0 saturated carbocycles. The van der Waals surface area contributed by atoms with Crippen molar-refractivity contribution in [3.05, 3.63) is 0 Å². The second kappa shape index (κ2) is 6.27. The van der Waals surface area contributed by atoms with Gasteiger partial charge in [-0.25, -0.2) is 0 Å². The number of hydrogen-bond acceptors (Lipinski definition) is 6. The van der Waals surface area contributed by atoms with E-state index in [1.165, 1.54) is 11.8 Å². The standard InChI is InChI=1S/C10H16F3N3OS2/c1-9(2,3)6(17)4-18-8-16-15-7(19-8)14-5-10(11,12)13/h6,17H,4-5H2,1-3H3,(H,14,15). The SMILES string of the molecule is CC(C)(C)C(O)CSc1nnc(NCC(F)(F)F)s1. The molecule has 110 valence electrons. The monoisotopic (exact) mass is 315 g/mol. The zero-order valence-corrected chi connectivity index (χ0v) is 12.4. The van der Waals surface area contributed by atoms with Crippen molar-refractivity contribution in [1.29, 1.82) is 0 Å². The molecule has 0 saturated heterocycles. The number of rotatable bonds is 5. The van der Waals surface area contributed by atoms with E-state index in [0.717, 1.165) is 11.3 Å². The largest absolute Gasteiger partial charge is 0.405 e. The fourth-order valence-electron chi connectivity index (χ4n) is 0.916. The Morgan fingerprint density at radius 1 is 1.32 bits per heavy atom. The average molecular weight is 315 g/mol. The van der Waals surface area contributed by atoms with E-state index in [1.54, 1.807) is 0 Å². The lowest BCUT2D eigenvalue weighted by Gasteiger charge is -2.24. The van der Waals surface area contributed by atoms with Crippen molar-refractivity contribution in [2.24, 2.45) is 5.41 Å². The maximum Gasteiger partial charge on any atom is 0.405 e. The van der Waals surface area contributed by atoms with Crippen LogP contribution in [-0.2, 0) is 0 Å². The van der Waals surface area contributed by atoms with E-state index in [9.17, 15) is 18.3 Å². The Kier molecular flexibility index (Phi) is 5.45. The zero-order valence-electron chi connectivity index (χ0n) is 10.8. The molecule has 0 aliphatic carbocycles. The van der Waals surface area contributed by atoms with Gasteiger partial charge in [0.25, 0.3) is 0 Å². The quantitative estimate of drug-likeness (QED) is 0.818. The maximum absolute atomic E-state index is 12.0. The number of alkyl halides is 3. The van der Waals surface area contributed by atoms with Crippen LogP contribution < -0.4 is 5.32 Å². The fraction of sp³-hybridized carbons (Fsp3) is 0.800. The summed E-state index contributed by atoms with van der Waals surface area (Å²) in [6.45, 7) is 4.61. The Labute approximate surface area is 117 Å². The minimum Gasteiger partial charge on any atom is -0.392 e. The van der Waals surface area contributed by atoms with Crippen LogP contribution in [0.4, 0.5) is 18.3 Å². The van der Waals surface area contributed by atoms with E-state index in [1.807, 2.05) is 20.8 Å². The molecule has 0 amide bonds. The summed E-state index contributed by atoms with van der Waals surface area (Å²) in [6, 6.07) is 0. The van der Waals surface area contributed by atoms with Crippen LogP contribution in [0.1, 0.15) is 20.8 Å². The first kappa shape index (κ1) is 16.5. The summed E-state index contributed by atoms with van der Waals surface area (Å²) in [5.74, 6) is 0.428. The molecular formula is C10H16F3N3OS2. The molecule has 0 spiro atoms. The molecular weight excluding hydrogens is 299 g/mol. The fourth-order valence-corrected chi connectivity index (χ4v) is 2.96. The van der Waals surface area contributed by atoms with E-state index < -0.39 is 18.8 Å². The molecule has 1 atom stereocenters. The van der Waals surface area contributed by atoms with Crippen LogP contribution >= 0.6 is 23.1 Å². The number of aliphatic hydroxyl groups is 1. The van der Waals surface area contributed by atoms with Crippen LogP contribution in [0.3, 0.4) is 0 Å². The highest BCUT2D eigenvalue weighted by molar-refractivity contribution is 8.01. The molecule has 0 aliphatic heterocycles. The van der Waals surface area contributed by atoms with Crippen LogP contribution in [-0.4, -0.2) is 39.9 Å². The highest BCUT2D eigenvalue weighted by Gasteiger charge is 2.27. The zero-order chi connectivity index (χ0) is 14.7. The molecule has 1 unspecified atom stereocenters. The molecule has 1 aromatic heterocycles. The molecule has 0 aliphatic rings. The number of aromatic nitrogens is 2. The molecule has 4 nitrogen and oxygen atoms in total. The Morgan fingerprint density at radius 2 is 1.95 bits per heavy atom. The van der Waals surface area contributed by atoms with Gasteiger partial charge in [0.1, 0.15) is 6.54 Å². The van der Waals surface area contributed by atoms with Crippen LogP contribution in [0.2, 0.25) is 0 Å².